The third-order valence-corrected chi connectivity index (χ3v) is 13.3. The highest BCUT2D eigenvalue weighted by Crippen LogP contribution is 2.67. The Morgan fingerprint density at radius 1 is 0.896 bits per heavy atom. The molecule has 0 spiro atoms. The number of unbranched alkanes of at least 4 members (excludes halogenated alkanes) is 3. The number of ether oxygens (including phenoxy) is 3. The van der Waals surface area contributed by atoms with Crippen molar-refractivity contribution >= 4 is 11.9 Å². The van der Waals surface area contributed by atoms with Crippen LogP contribution in [0.3, 0.4) is 0 Å². The number of hydrogen-bond donors (Lipinski definition) is 0. The molecule has 1 aromatic carbocycles. The van der Waals surface area contributed by atoms with Gasteiger partial charge < -0.3 is 14.2 Å². The van der Waals surface area contributed by atoms with Crippen molar-refractivity contribution in [3.63, 3.8) is 0 Å². The van der Waals surface area contributed by atoms with Crippen LogP contribution >= 0.6 is 0 Å². The summed E-state index contributed by atoms with van der Waals surface area (Å²) in [6.45, 7) is 17.0. The van der Waals surface area contributed by atoms with Crippen molar-refractivity contribution < 1.29 is 23.8 Å². The molecule has 5 nitrogen and oxygen atoms in total. The molecule has 0 heterocycles. The molecule has 5 heteroatoms. The molecule has 0 saturated heterocycles. The van der Waals surface area contributed by atoms with Crippen LogP contribution < -0.4 is 4.74 Å². The topological polar surface area (TPSA) is 61.8 Å². The minimum absolute atomic E-state index is 0.0407. The van der Waals surface area contributed by atoms with Gasteiger partial charge in [0, 0.05) is 12.5 Å². The Morgan fingerprint density at radius 3 is 2.38 bits per heavy atom. The summed E-state index contributed by atoms with van der Waals surface area (Å²) < 4.78 is 17.0. The fourth-order valence-electron chi connectivity index (χ4n) is 10.6. The van der Waals surface area contributed by atoms with Crippen LogP contribution in [0.2, 0.25) is 0 Å². The molecular formula is C43H64O5. The molecule has 0 amide bonds. The quantitative estimate of drug-likeness (QED) is 0.0764. The van der Waals surface area contributed by atoms with Crippen molar-refractivity contribution in [1.29, 1.82) is 0 Å². The lowest BCUT2D eigenvalue weighted by atomic mass is 9.47. The smallest absolute Gasteiger partial charge is 0.338 e. The average molecular weight is 661 g/mol. The first-order chi connectivity index (χ1) is 23.0. The summed E-state index contributed by atoms with van der Waals surface area (Å²) in [6, 6.07) is 7.37. The van der Waals surface area contributed by atoms with Gasteiger partial charge >= 0.3 is 11.9 Å². The largest absolute Gasteiger partial charge is 0.494 e. The normalized spacial score (nSPS) is 31.5. The highest BCUT2D eigenvalue weighted by Gasteiger charge is 2.59. The van der Waals surface area contributed by atoms with Gasteiger partial charge in [0.2, 0.25) is 0 Å². The van der Waals surface area contributed by atoms with Gasteiger partial charge in [0.25, 0.3) is 0 Å². The van der Waals surface area contributed by atoms with Crippen molar-refractivity contribution in [2.75, 3.05) is 13.2 Å². The zero-order valence-electron chi connectivity index (χ0n) is 30.8. The molecule has 4 aliphatic carbocycles. The number of allylic oxidation sites excluding steroid dienone is 1. The summed E-state index contributed by atoms with van der Waals surface area (Å²) >= 11 is 0. The molecular weight excluding hydrogens is 596 g/mol. The summed E-state index contributed by atoms with van der Waals surface area (Å²) in [5.41, 5.74) is 2.92. The van der Waals surface area contributed by atoms with E-state index in [0.717, 1.165) is 86.2 Å². The second kappa shape index (κ2) is 16.4. The van der Waals surface area contributed by atoms with Gasteiger partial charge in [-0.15, -0.1) is 0 Å². The Labute approximate surface area is 291 Å². The molecule has 0 aliphatic heterocycles. The van der Waals surface area contributed by atoms with Crippen LogP contribution in [0.15, 0.2) is 48.6 Å². The Balaban J connectivity index is 1.08. The number of rotatable bonds is 16. The highest BCUT2D eigenvalue weighted by atomic mass is 16.5. The van der Waals surface area contributed by atoms with Gasteiger partial charge in [-0.1, -0.05) is 72.1 Å². The van der Waals surface area contributed by atoms with Crippen molar-refractivity contribution in [3.8, 4) is 5.75 Å². The van der Waals surface area contributed by atoms with Crippen molar-refractivity contribution in [2.45, 2.75) is 137 Å². The van der Waals surface area contributed by atoms with Gasteiger partial charge in [0.1, 0.15) is 11.9 Å². The van der Waals surface area contributed by atoms with Crippen LogP contribution in [-0.4, -0.2) is 31.3 Å². The molecule has 48 heavy (non-hydrogen) atoms. The van der Waals surface area contributed by atoms with Gasteiger partial charge in [-0.2, -0.15) is 0 Å². The van der Waals surface area contributed by atoms with E-state index in [9.17, 15) is 9.59 Å². The predicted octanol–water partition coefficient (Wildman–Crippen LogP) is 10.9. The van der Waals surface area contributed by atoms with E-state index in [4.69, 9.17) is 14.2 Å². The van der Waals surface area contributed by atoms with Crippen molar-refractivity contribution in [1.82, 2.24) is 0 Å². The van der Waals surface area contributed by atoms with Gasteiger partial charge in [-0.3, -0.25) is 0 Å². The van der Waals surface area contributed by atoms with E-state index in [2.05, 4.69) is 47.3 Å². The SMILES string of the molecule is C=CC(=O)OCCCCCCOc1ccc(C(=O)O[C@H]2CC[C@@]3(C)C(=CCC4C5CCC(C(C)CCCC(C)C)[C@@]5(C)CCC43)C2)cc1. The monoisotopic (exact) mass is 660 g/mol. The van der Waals surface area contributed by atoms with Crippen LogP contribution in [0, 0.1) is 46.3 Å². The highest BCUT2D eigenvalue weighted by molar-refractivity contribution is 5.89. The Morgan fingerprint density at radius 2 is 1.65 bits per heavy atom. The number of hydrogen-bond acceptors (Lipinski definition) is 5. The third-order valence-electron chi connectivity index (χ3n) is 13.3. The second-order valence-electron chi connectivity index (χ2n) is 16.7. The van der Waals surface area contributed by atoms with E-state index in [1.165, 1.54) is 57.4 Å². The van der Waals surface area contributed by atoms with E-state index in [0.29, 0.717) is 24.2 Å². The molecule has 3 saturated carbocycles. The number of esters is 2. The summed E-state index contributed by atoms with van der Waals surface area (Å²) in [4.78, 5) is 24.2. The zero-order chi connectivity index (χ0) is 34.3. The van der Waals surface area contributed by atoms with E-state index >= 15 is 0 Å². The lowest BCUT2D eigenvalue weighted by Crippen LogP contribution is -2.51. The standard InChI is InChI=1S/C43H64O5/c1-7-40(44)47-28-11-9-8-10-27-46-34-18-15-32(16-19-34)41(45)48-35-23-25-42(5)33(29-35)17-20-36-38-22-21-37(31(4)14-12-13-30(2)3)43(38,6)26-24-39(36)42/h7,15-19,30-31,35-39H,1,8-14,20-29H2,2-6H3/t31?,35-,36?,37?,38?,39?,42-,43+/m0/s1. The van der Waals surface area contributed by atoms with Crippen LogP contribution in [0.4, 0.5) is 0 Å². The molecule has 5 rings (SSSR count). The molecule has 0 aromatic heterocycles. The van der Waals surface area contributed by atoms with Crippen LogP contribution in [0.1, 0.15) is 141 Å². The first-order valence-corrected chi connectivity index (χ1v) is 19.5. The van der Waals surface area contributed by atoms with E-state index < -0.39 is 0 Å². The molecule has 5 unspecified atom stereocenters. The van der Waals surface area contributed by atoms with Crippen LogP contribution in [0.5, 0.6) is 5.75 Å². The second-order valence-corrected chi connectivity index (χ2v) is 16.7. The molecule has 1 aromatic rings. The summed E-state index contributed by atoms with van der Waals surface area (Å²) in [7, 11) is 0. The maximum absolute atomic E-state index is 13.2. The average Bonchev–Trinajstić information content (AvgIpc) is 3.43. The summed E-state index contributed by atoms with van der Waals surface area (Å²) in [5.74, 6) is 5.18. The fourth-order valence-corrected chi connectivity index (χ4v) is 10.6. The van der Waals surface area contributed by atoms with Crippen molar-refractivity contribution in [3.05, 3.63) is 54.1 Å². The molecule has 8 atom stereocenters. The van der Waals surface area contributed by atoms with Gasteiger partial charge in [0.05, 0.1) is 18.8 Å². The fraction of sp³-hybridized carbons (Fsp3) is 0.721. The maximum Gasteiger partial charge on any atom is 0.338 e. The van der Waals surface area contributed by atoms with Crippen LogP contribution in [-0.2, 0) is 14.3 Å². The Hall–Kier alpha value is -2.56. The lowest BCUT2D eigenvalue weighted by Gasteiger charge is -2.58. The Bertz CT molecular complexity index is 1260. The predicted molar refractivity (Wildman–Crippen MR) is 194 cm³/mol. The summed E-state index contributed by atoms with van der Waals surface area (Å²) in [5, 5.41) is 0. The molecule has 266 valence electrons. The zero-order valence-corrected chi connectivity index (χ0v) is 30.8. The minimum atomic E-state index is -0.367. The molecule has 0 N–H and O–H groups in total. The third kappa shape index (κ3) is 8.41. The number of carbonyl (C=O) groups excluding carboxylic acids is 2. The van der Waals surface area contributed by atoms with Gasteiger partial charge in [-0.05, 0) is 141 Å². The van der Waals surface area contributed by atoms with Gasteiger partial charge in [0.15, 0.2) is 0 Å². The van der Waals surface area contributed by atoms with Gasteiger partial charge in [-0.25, -0.2) is 9.59 Å². The number of fused-ring (bicyclic) bond motifs is 5. The first kappa shape index (κ1) is 36.7. The first-order valence-electron chi connectivity index (χ1n) is 19.5. The summed E-state index contributed by atoms with van der Waals surface area (Å²) in [6.07, 6.45) is 21.5. The molecule has 4 aliphatic rings. The molecule has 0 bridgehead atoms. The maximum atomic E-state index is 13.2. The molecule has 3 fully saturated rings. The molecule has 0 radical (unpaired) electrons. The minimum Gasteiger partial charge on any atom is -0.494 e. The van der Waals surface area contributed by atoms with E-state index in [1.54, 1.807) is 5.57 Å². The van der Waals surface area contributed by atoms with E-state index in [-0.39, 0.29) is 23.5 Å². The number of benzene rings is 1. The van der Waals surface area contributed by atoms with E-state index in [1.807, 2.05) is 24.3 Å². The van der Waals surface area contributed by atoms with Crippen molar-refractivity contribution in [2.24, 2.45) is 46.3 Å². The Kier molecular flexibility index (Phi) is 12.6. The lowest BCUT2D eigenvalue weighted by molar-refractivity contribution is -0.137. The number of carbonyl (C=O) groups is 2. The van der Waals surface area contributed by atoms with Crippen LogP contribution in [0.25, 0.3) is 0 Å².